The molecule has 4 rings (SSSR count). The van der Waals surface area contributed by atoms with Crippen LogP contribution in [0.5, 0.6) is 0 Å². The molecule has 0 amide bonds. The summed E-state index contributed by atoms with van der Waals surface area (Å²) in [4.78, 5) is 11.1. The van der Waals surface area contributed by atoms with E-state index < -0.39 is 5.79 Å². The highest BCUT2D eigenvalue weighted by Gasteiger charge is 2.34. The number of aliphatic imine (C=N–C) groups is 1. The molecule has 1 fully saturated rings. The Morgan fingerprint density at radius 3 is 2.67 bits per heavy atom. The molecule has 2 aromatic rings. The van der Waals surface area contributed by atoms with Crippen LogP contribution in [0.2, 0.25) is 0 Å². The SMILES string of the molecule is C1=NC(Nc2cc(N3CCOCC3)ccn2)(c2ccccc2)N=N1. The lowest BCUT2D eigenvalue weighted by atomic mass is 10.1. The number of anilines is 2. The third kappa shape index (κ3) is 2.85. The average molecular weight is 322 g/mol. The largest absolute Gasteiger partial charge is 0.378 e. The van der Waals surface area contributed by atoms with Gasteiger partial charge in [0.2, 0.25) is 0 Å². The summed E-state index contributed by atoms with van der Waals surface area (Å²) in [5.74, 6) is -0.237. The second kappa shape index (κ2) is 6.37. The van der Waals surface area contributed by atoms with E-state index in [0.29, 0.717) is 5.82 Å². The van der Waals surface area contributed by atoms with Gasteiger partial charge in [0, 0.05) is 36.6 Å². The summed E-state index contributed by atoms with van der Waals surface area (Å²) in [5, 5.41) is 11.6. The first-order valence-electron chi connectivity index (χ1n) is 7.94. The number of morpholine rings is 1. The summed E-state index contributed by atoms with van der Waals surface area (Å²) >= 11 is 0. The fourth-order valence-electron chi connectivity index (χ4n) is 2.86. The van der Waals surface area contributed by atoms with Crippen molar-refractivity contribution in [3.8, 4) is 0 Å². The van der Waals surface area contributed by atoms with Gasteiger partial charge in [0.15, 0.2) is 0 Å². The highest BCUT2D eigenvalue weighted by molar-refractivity contribution is 5.61. The molecule has 1 atom stereocenters. The predicted molar refractivity (Wildman–Crippen MR) is 92.4 cm³/mol. The van der Waals surface area contributed by atoms with Gasteiger partial charge in [-0.3, -0.25) is 0 Å². The van der Waals surface area contributed by atoms with Gasteiger partial charge in [0.25, 0.3) is 5.79 Å². The van der Waals surface area contributed by atoms with E-state index >= 15 is 0 Å². The molecule has 1 aromatic carbocycles. The van der Waals surface area contributed by atoms with Crippen LogP contribution in [0.25, 0.3) is 0 Å². The number of ether oxygens (including phenoxy) is 1. The highest BCUT2D eigenvalue weighted by Crippen LogP contribution is 2.32. The third-order valence-electron chi connectivity index (χ3n) is 4.10. The molecule has 1 N–H and O–H groups in total. The zero-order valence-electron chi connectivity index (χ0n) is 13.2. The van der Waals surface area contributed by atoms with E-state index in [1.807, 2.05) is 42.5 Å². The topological polar surface area (TPSA) is 74.5 Å². The molecule has 3 heterocycles. The van der Waals surface area contributed by atoms with E-state index in [1.54, 1.807) is 6.20 Å². The highest BCUT2D eigenvalue weighted by atomic mass is 16.5. The maximum atomic E-state index is 5.41. The predicted octanol–water partition coefficient (Wildman–Crippen LogP) is 2.63. The number of nitrogens with zero attached hydrogens (tertiary/aromatic N) is 5. The van der Waals surface area contributed by atoms with Crippen LogP contribution >= 0.6 is 0 Å². The van der Waals surface area contributed by atoms with Crippen molar-refractivity contribution in [1.82, 2.24) is 4.98 Å². The summed E-state index contributed by atoms with van der Waals surface area (Å²) < 4.78 is 5.41. The molecule has 122 valence electrons. The van der Waals surface area contributed by atoms with Crippen molar-refractivity contribution in [2.24, 2.45) is 15.2 Å². The Morgan fingerprint density at radius 2 is 1.92 bits per heavy atom. The molecular weight excluding hydrogens is 304 g/mol. The second-order valence-electron chi connectivity index (χ2n) is 5.62. The molecule has 24 heavy (non-hydrogen) atoms. The van der Waals surface area contributed by atoms with Crippen LogP contribution < -0.4 is 10.2 Å². The number of hydrogen-bond donors (Lipinski definition) is 1. The second-order valence-corrected chi connectivity index (χ2v) is 5.62. The molecule has 2 aliphatic rings. The number of aromatic nitrogens is 1. The Morgan fingerprint density at radius 1 is 1.08 bits per heavy atom. The van der Waals surface area contributed by atoms with E-state index in [9.17, 15) is 0 Å². The first-order chi connectivity index (χ1) is 11.9. The minimum absolute atomic E-state index is 0.709. The van der Waals surface area contributed by atoms with E-state index in [4.69, 9.17) is 4.74 Å². The number of benzene rings is 1. The Kier molecular flexibility index (Phi) is 3.92. The van der Waals surface area contributed by atoms with Crippen LogP contribution in [0.3, 0.4) is 0 Å². The Balaban J connectivity index is 1.62. The van der Waals surface area contributed by atoms with E-state index in [1.165, 1.54) is 6.34 Å². The van der Waals surface area contributed by atoms with Gasteiger partial charge >= 0.3 is 0 Å². The summed E-state index contributed by atoms with van der Waals surface area (Å²) in [7, 11) is 0. The summed E-state index contributed by atoms with van der Waals surface area (Å²) in [6, 6.07) is 13.8. The summed E-state index contributed by atoms with van der Waals surface area (Å²) in [5.41, 5.74) is 2.03. The Bertz CT molecular complexity index is 743. The fraction of sp³-hybridized carbons (Fsp3) is 0.294. The molecule has 1 aromatic heterocycles. The number of pyridine rings is 1. The lowest BCUT2D eigenvalue weighted by Crippen LogP contribution is -2.36. The third-order valence-corrected chi connectivity index (χ3v) is 4.10. The first kappa shape index (κ1) is 14.8. The maximum absolute atomic E-state index is 5.41. The molecule has 0 aliphatic carbocycles. The molecule has 2 aliphatic heterocycles. The minimum Gasteiger partial charge on any atom is -0.378 e. The smallest absolute Gasteiger partial charge is 0.274 e. The first-order valence-corrected chi connectivity index (χ1v) is 7.94. The quantitative estimate of drug-likeness (QED) is 0.939. The van der Waals surface area contributed by atoms with Crippen LogP contribution in [0.4, 0.5) is 11.5 Å². The lowest BCUT2D eigenvalue weighted by molar-refractivity contribution is 0.122. The lowest BCUT2D eigenvalue weighted by Gasteiger charge is -2.29. The monoisotopic (exact) mass is 322 g/mol. The van der Waals surface area contributed by atoms with Crippen molar-refractivity contribution >= 4 is 17.8 Å². The molecule has 0 saturated carbocycles. The standard InChI is InChI=1S/C17H18N6O/c1-2-4-14(5-3-1)17(19-13-20-22-17)21-16-12-15(6-7-18-16)23-8-10-24-11-9-23/h1-7,12-13H,8-11H2,(H,18,21). The molecule has 7 nitrogen and oxygen atoms in total. The minimum atomic E-state index is -0.947. The zero-order valence-corrected chi connectivity index (χ0v) is 13.2. The molecular formula is C17H18N6O. The van der Waals surface area contributed by atoms with Gasteiger partial charge in [-0.2, -0.15) is 0 Å². The zero-order chi connectivity index (χ0) is 16.2. The van der Waals surface area contributed by atoms with Crippen molar-refractivity contribution in [2.45, 2.75) is 5.79 Å². The van der Waals surface area contributed by atoms with Crippen LogP contribution in [-0.4, -0.2) is 37.6 Å². The van der Waals surface area contributed by atoms with Crippen molar-refractivity contribution in [1.29, 1.82) is 0 Å². The molecule has 0 bridgehead atoms. The van der Waals surface area contributed by atoms with Gasteiger partial charge in [-0.15, -0.1) is 10.2 Å². The van der Waals surface area contributed by atoms with Gasteiger partial charge in [0.05, 0.1) is 13.2 Å². The van der Waals surface area contributed by atoms with E-state index in [-0.39, 0.29) is 0 Å². The molecule has 1 unspecified atom stereocenters. The molecule has 0 spiro atoms. The fourth-order valence-corrected chi connectivity index (χ4v) is 2.86. The van der Waals surface area contributed by atoms with Gasteiger partial charge in [-0.1, -0.05) is 30.3 Å². The number of azo groups is 1. The Hall–Kier alpha value is -2.80. The van der Waals surface area contributed by atoms with Gasteiger partial charge < -0.3 is 15.0 Å². The number of nitrogens with one attached hydrogen (secondary N) is 1. The van der Waals surface area contributed by atoms with E-state index in [2.05, 4.69) is 30.4 Å². The van der Waals surface area contributed by atoms with Crippen molar-refractivity contribution in [2.75, 3.05) is 36.5 Å². The summed E-state index contributed by atoms with van der Waals surface area (Å²) in [6.45, 7) is 3.26. The number of hydrogen-bond acceptors (Lipinski definition) is 7. The van der Waals surface area contributed by atoms with E-state index in [0.717, 1.165) is 37.6 Å². The van der Waals surface area contributed by atoms with Crippen molar-refractivity contribution in [3.63, 3.8) is 0 Å². The van der Waals surface area contributed by atoms with Crippen LogP contribution in [0.15, 0.2) is 63.9 Å². The van der Waals surface area contributed by atoms with Gasteiger partial charge in [-0.05, 0) is 6.07 Å². The van der Waals surface area contributed by atoms with Crippen LogP contribution in [-0.2, 0) is 10.5 Å². The molecule has 0 radical (unpaired) electrons. The normalized spacial score (nSPS) is 22.8. The molecule has 7 heteroatoms. The summed E-state index contributed by atoms with van der Waals surface area (Å²) in [6.07, 6.45) is 3.26. The van der Waals surface area contributed by atoms with Crippen molar-refractivity contribution in [3.05, 3.63) is 54.2 Å². The average Bonchev–Trinajstić information content (AvgIpc) is 3.13. The van der Waals surface area contributed by atoms with Gasteiger partial charge in [-0.25, -0.2) is 9.98 Å². The number of rotatable bonds is 4. The van der Waals surface area contributed by atoms with Gasteiger partial charge in [0.1, 0.15) is 12.2 Å². The molecule has 1 saturated heterocycles. The Labute approximate surface area is 140 Å². The van der Waals surface area contributed by atoms with Crippen LogP contribution in [0, 0.1) is 0 Å². The van der Waals surface area contributed by atoms with Crippen molar-refractivity contribution < 1.29 is 4.74 Å². The van der Waals surface area contributed by atoms with Crippen LogP contribution in [0.1, 0.15) is 5.56 Å². The maximum Gasteiger partial charge on any atom is 0.274 e.